The number of anilines is 2. The van der Waals surface area contributed by atoms with Gasteiger partial charge in [-0.15, -0.1) is 11.3 Å². The van der Waals surface area contributed by atoms with Crippen molar-refractivity contribution < 1.29 is 4.39 Å². The molecular formula is C20H29FN6S. The quantitative estimate of drug-likeness (QED) is 0.572. The predicted octanol–water partition coefficient (Wildman–Crippen LogP) is 3.07. The van der Waals surface area contributed by atoms with Crippen molar-refractivity contribution in [3.05, 3.63) is 41.2 Å². The fraction of sp³-hybridized carbons (Fsp3) is 0.500. The van der Waals surface area contributed by atoms with E-state index in [0.29, 0.717) is 12.6 Å². The van der Waals surface area contributed by atoms with Gasteiger partial charge in [0.05, 0.1) is 12.2 Å². The standard InChI is InChI=1S/C20H29FN6S/c1-4-22-19(23-13-17-14-28-20(25-17)26(2)3)24-16-8-10-27(11-9-16)18-7-5-6-15(21)12-18/h5-7,12,14,16H,4,8-11,13H2,1-3H3,(H2,22,23,24). The van der Waals surface area contributed by atoms with Crippen LogP contribution in [-0.4, -0.2) is 50.7 Å². The Labute approximate surface area is 170 Å². The zero-order valence-electron chi connectivity index (χ0n) is 16.8. The first-order valence-electron chi connectivity index (χ1n) is 9.72. The Morgan fingerprint density at radius 3 is 2.79 bits per heavy atom. The number of piperidine rings is 1. The number of nitrogens with one attached hydrogen (secondary N) is 2. The van der Waals surface area contributed by atoms with Crippen LogP contribution in [0.3, 0.4) is 0 Å². The highest BCUT2D eigenvalue weighted by molar-refractivity contribution is 7.13. The monoisotopic (exact) mass is 404 g/mol. The summed E-state index contributed by atoms with van der Waals surface area (Å²) in [6.45, 7) is 5.24. The first kappa shape index (κ1) is 20.4. The lowest BCUT2D eigenvalue weighted by molar-refractivity contribution is 0.461. The highest BCUT2D eigenvalue weighted by atomic mass is 32.1. The van der Waals surface area contributed by atoms with Gasteiger partial charge in [0, 0.05) is 50.8 Å². The maximum Gasteiger partial charge on any atom is 0.191 e. The molecule has 1 aromatic heterocycles. The van der Waals surface area contributed by atoms with Crippen molar-refractivity contribution in [3.63, 3.8) is 0 Å². The van der Waals surface area contributed by atoms with Gasteiger partial charge >= 0.3 is 0 Å². The van der Waals surface area contributed by atoms with Gasteiger partial charge in [-0.25, -0.2) is 14.4 Å². The molecule has 152 valence electrons. The summed E-state index contributed by atoms with van der Waals surface area (Å²) < 4.78 is 13.5. The van der Waals surface area contributed by atoms with Crippen LogP contribution in [0.1, 0.15) is 25.5 Å². The number of guanidine groups is 1. The SMILES string of the molecule is CCNC(=NCc1csc(N(C)C)n1)NC1CCN(c2cccc(F)c2)CC1. The number of hydrogen-bond donors (Lipinski definition) is 2. The van der Waals surface area contributed by atoms with Crippen molar-refractivity contribution in [2.24, 2.45) is 4.99 Å². The highest BCUT2D eigenvalue weighted by Gasteiger charge is 2.20. The van der Waals surface area contributed by atoms with E-state index in [4.69, 9.17) is 4.99 Å². The second-order valence-corrected chi connectivity index (χ2v) is 7.93. The van der Waals surface area contributed by atoms with Crippen molar-refractivity contribution in [2.45, 2.75) is 32.4 Å². The lowest BCUT2D eigenvalue weighted by Gasteiger charge is -2.34. The summed E-state index contributed by atoms with van der Waals surface area (Å²) in [5.74, 6) is 0.643. The molecule has 8 heteroatoms. The minimum atomic E-state index is -0.182. The van der Waals surface area contributed by atoms with Crippen molar-refractivity contribution in [3.8, 4) is 0 Å². The first-order chi connectivity index (χ1) is 13.5. The highest BCUT2D eigenvalue weighted by Crippen LogP contribution is 2.21. The molecule has 1 fully saturated rings. The number of halogens is 1. The summed E-state index contributed by atoms with van der Waals surface area (Å²) in [7, 11) is 3.99. The molecule has 1 aliphatic heterocycles. The van der Waals surface area contributed by atoms with Crippen LogP contribution in [0.5, 0.6) is 0 Å². The van der Waals surface area contributed by atoms with Crippen LogP contribution in [0, 0.1) is 5.82 Å². The van der Waals surface area contributed by atoms with Gasteiger partial charge in [0.2, 0.25) is 0 Å². The van der Waals surface area contributed by atoms with E-state index in [1.165, 1.54) is 6.07 Å². The van der Waals surface area contributed by atoms with E-state index in [9.17, 15) is 4.39 Å². The van der Waals surface area contributed by atoms with Crippen LogP contribution in [0.2, 0.25) is 0 Å². The van der Waals surface area contributed by atoms with E-state index >= 15 is 0 Å². The molecular weight excluding hydrogens is 375 g/mol. The molecule has 0 amide bonds. The van der Waals surface area contributed by atoms with Gasteiger partial charge in [0.25, 0.3) is 0 Å². The Kier molecular flexibility index (Phi) is 7.08. The Morgan fingerprint density at radius 1 is 1.36 bits per heavy atom. The minimum absolute atomic E-state index is 0.182. The second kappa shape index (κ2) is 9.73. The van der Waals surface area contributed by atoms with Crippen molar-refractivity contribution in [2.75, 3.05) is 43.5 Å². The molecule has 2 aromatic rings. The number of thiazole rings is 1. The summed E-state index contributed by atoms with van der Waals surface area (Å²) in [6.07, 6.45) is 1.98. The number of benzene rings is 1. The van der Waals surface area contributed by atoms with Crippen molar-refractivity contribution in [1.82, 2.24) is 15.6 Å². The van der Waals surface area contributed by atoms with Gasteiger partial charge in [0.1, 0.15) is 5.82 Å². The maximum absolute atomic E-state index is 13.5. The summed E-state index contributed by atoms with van der Waals surface area (Å²) >= 11 is 1.63. The predicted molar refractivity (Wildman–Crippen MR) is 116 cm³/mol. The summed E-state index contributed by atoms with van der Waals surface area (Å²) in [4.78, 5) is 13.5. The van der Waals surface area contributed by atoms with Gasteiger partial charge in [-0.3, -0.25) is 0 Å². The molecule has 2 N–H and O–H groups in total. The lowest BCUT2D eigenvalue weighted by atomic mass is 10.0. The molecule has 1 saturated heterocycles. The largest absolute Gasteiger partial charge is 0.371 e. The number of aromatic nitrogens is 1. The Morgan fingerprint density at radius 2 is 2.14 bits per heavy atom. The molecule has 6 nitrogen and oxygen atoms in total. The van der Waals surface area contributed by atoms with Crippen LogP contribution in [0.25, 0.3) is 0 Å². The third-order valence-electron chi connectivity index (χ3n) is 4.67. The topological polar surface area (TPSA) is 55.8 Å². The average Bonchev–Trinajstić information content (AvgIpc) is 3.16. The van der Waals surface area contributed by atoms with Crippen LogP contribution < -0.4 is 20.4 Å². The molecule has 0 spiro atoms. The van der Waals surface area contributed by atoms with E-state index in [-0.39, 0.29) is 5.82 Å². The molecule has 0 bridgehead atoms. The van der Waals surface area contributed by atoms with Crippen molar-refractivity contribution in [1.29, 1.82) is 0 Å². The summed E-state index contributed by atoms with van der Waals surface area (Å²) in [5, 5.41) is 9.91. The molecule has 0 aliphatic carbocycles. The lowest BCUT2D eigenvalue weighted by Crippen LogP contribution is -2.48. The molecule has 3 rings (SSSR count). The van der Waals surface area contributed by atoms with Gasteiger partial charge in [0.15, 0.2) is 11.1 Å². The fourth-order valence-electron chi connectivity index (χ4n) is 3.20. The number of rotatable bonds is 6. The number of aliphatic imine (C=N–C) groups is 1. The smallest absolute Gasteiger partial charge is 0.191 e. The molecule has 28 heavy (non-hydrogen) atoms. The molecule has 0 radical (unpaired) electrons. The number of nitrogens with zero attached hydrogens (tertiary/aromatic N) is 4. The third-order valence-corrected chi connectivity index (χ3v) is 5.73. The molecule has 1 aliphatic rings. The van der Waals surface area contributed by atoms with Crippen LogP contribution in [0.4, 0.5) is 15.2 Å². The summed E-state index contributed by atoms with van der Waals surface area (Å²) in [6, 6.07) is 7.19. The Balaban J connectivity index is 1.54. The molecule has 2 heterocycles. The van der Waals surface area contributed by atoms with E-state index in [0.717, 1.165) is 54.9 Å². The van der Waals surface area contributed by atoms with E-state index in [1.54, 1.807) is 23.5 Å². The maximum atomic E-state index is 13.5. The fourth-order valence-corrected chi connectivity index (χ4v) is 3.95. The first-order valence-corrected chi connectivity index (χ1v) is 10.6. The summed E-state index contributed by atoms with van der Waals surface area (Å²) in [5.41, 5.74) is 1.94. The Hall–Kier alpha value is -2.35. The van der Waals surface area contributed by atoms with E-state index in [1.807, 2.05) is 25.1 Å². The van der Waals surface area contributed by atoms with Gasteiger partial charge in [-0.1, -0.05) is 6.07 Å². The molecule has 0 saturated carbocycles. The normalized spacial score (nSPS) is 15.6. The van der Waals surface area contributed by atoms with Crippen LogP contribution in [-0.2, 0) is 6.54 Å². The van der Waals surface area contributed by atoms with Crippen molar-refractivity contribution >= 4 is 28.1 Å². The van der Waals surface area contributed by atoms with Gasteiger partial charge in [-0.2, -0.15) is 0 Å². The van der Waals surface area contributed by atoms with E-state index < -0.39 is 0 Å². The Bertz CT molecular complexity index is 783. The minimum Gasteiger partial charge on any atom is -0.371 e. The zero-order chi connectivity index (χ0) is 19.9. The second-order valence-electron chi connectivity index (χ2n) is 7.10. The third kappa shape index (κ3) is 5.58. The molecule has 0 atom stereocenters. The average molecular weight is 405 g/mol. The van der Waals surface area contributed by atoms with E-state index in [2.05, 4.69) is 32.8 Å². The van der Waals surface area contributed by atoms with Gasteiger partial charge in [-0.05, 0) is 38.0 Å². The van der Waals surface area contributed by atoms with Crippen LogP contribution >= 0.6 is 11.3 Å². The molecule has 0 unspecified atom stereocenters. The zero-order valence-corrected chi connectivity index (χ0v) is 17.6. The number of hydrogen-bond acceptors (Lipinski definition) is 5. The van der Waals surface area contributed by atoms with Crippen LogP contribution in [0.15, 0.2) is 34.6 Å². The molecule has 1 aromatic carbocycles. The van der Waals surface area contributed by atoms with Gasteiger partial charge < -0.3 is 20.4 Å².